The van der Waals surface area contributed by atoms with Gasteiger partial charge in [-0.3, -0.25) is 4.79 Å². The first kappa shape index (κ1) is 17.3. The van der Waals surface area contributed by atoms with Crippen molar-refractivity contribution in [2.75, 3.05) is 33.9 Å². The summed E-state index contributed by atoms with van der Waals surface area (Å²) in [6, 6.07) is 15.5. The molecule has 1 saturated heterocycles. The molecule has 1 fully saturated rings. The molecular weight excluding hydrogens is 318 g/mol. The van der Waals surface area contributed by atoms with Crippen molar-refractivity contribution >= 4 is 5.91 Å². The highest BCUT2D eigenvalue weighted by Gasteiger charge is 2.29. The fraction of sp³-hybridized carbons (Fsp3) is 0.350. The normalized spacial score (nSPS) is 17.2. The fourth-order valence-electron chi connectivity index (χ4n) is 3.12. The maximum Gasteiger partial charge on any atom is 0.261 e. The average molecular weight is 341 g/mol. The van der Waals surface area contributed by atoms with E-state index in [2.05, 4.69) is 12.1 Å². The van der Waals surface area contributed by atoms with Crippen LogP contribution in [0.3, 0.4) is 0 Å². The van der Waals surface area contributed by atoms with Crippen LogP contribution in [-0.4, -0.2) is 50.8 Å². The Morgan fingerprint density at radius 3 is 2.40 bits per heavy atom. The Labute approximate surface area is 148 Å². The number of benzene rings is 2. The molecule has 0 spiro atoms. The van der Waals surface area contributed by atoms with Gasteiger partial charge in [0.25, 0.3) is 5.91 Å². The number of hydrogen-bond acceptors (Lipinski definition) is 4. The van der Waals surface area contributed by atoms with E-state index in [1.54, 1.807) is 26.4 Å². The molecule has 0 radical (unpaired) electrons. The molecule has 2 aromatic carbocycles. The largest absolute Gasteiger partial charge is 0.496 e. The van der Waals surface area contributed by atoms with Crippen molar-refractivity contribution in [2.45, 2.75) is 12.5 Å². The highest BCUT2D eigenvalue weighted by molar-refractivity contribution is 5.99. The Morgan fingerprint density at radius 1 is 1.08 bits per heavy atom. The lowest BCUT2D eigenvalue weighted by atomic mass is 10.1. The van der Waals surface area contributed by atoms with Crippen molar-refractivity contribution < 1.29 is 19.0 Å². The van der Waals surface area contributed by atoms with E-state index in [1.165, 1.54) is 5.56 Å². The Morgan fingerprint density at radius 2 is 1.76 bits per heavy atom. The second kappa shape index (κ2) is 8.03. The summed E-state index contributed by atoms with van der Waals surface area (Å²) in [6.45, 7) is 1.64. The van der Waals surface area contributed by atoms with Crippen molar-refractivity contribution in [1.29, 1.82) is 0 Å². The number of carbonyl (C=O) groups excluding carboxylic acids is 1. The SMILES string of the molecule is COc1cccc(OC)c1C(=O)N1CCOC(Cc2ccccc2)C1. The van der Waals surface area contributed by atoms with Gasteiger partial charge in [0, 0.05) is 19.5 Å². The van der Waals surface area contributed by atoms with Crippen LogP contribution in [0.4, 0.5) is 0 Å². The summed E-state index contributed by atoms with van der Waals surface area (Å²) in [5, 5.41) is 0. The highest BCUT2D eigenvalue weighted by Crippen LogP contribution is 2.30. The second-order valence-electron chi connectivity index (χ2n) is 5.97. The van der Waals surface area contributed by atoms with Gasteiger partial charge in [0.15, 0.2) is 0 Å². The number of nitrogens with zero attached hydrogens (tertiary/aromatic N) is 1. The van der Waals surface area contributed by atoms with Crippen LogP contribution in [0.15, 0.2) is 48.5 Å². The van der Waals surface area contributed by atoms with Crippen LogP contribution in [0.5, 0.6) is 11.5 Å². The molecule has 2 aromatic rings. The molecule has 1 atom stereocenters. The van der Waals surface area contributed by atoms with Crippen LogP contribution >= 0.6 is 0 Å². The predicted octanol–water partition coefficient (Wildman–Crippen LogP) is 2.79. The van der Waals surface area contributed by atoms with E-state index in [1.807, 2.05) is 29.2 Å². The zero-order valence-corrected chi connectivity index (χ0v) is 14.6. The third-order valence-electron chi connectivity index (χ3n) is 4.37. The number of hydrogen-bond donors (Lipinski definition) is 0. The van der Waals surface area contributed by atoms with E-state index in [0.29, 0.717) is 36.8 Å². The molecule has 5 nitrogen and oxygen atoms in total. The van der Waals surface area contributed by atoms with Crippen LogP contribution in [0.2, 0.25) is 0 Å². The van der Waals surface area contributed by atoms with Gasteiger partial charge >= 0.3 is 0 Å². The van der Waals surface area contributed by atoms with Crippen LogP contribution < -0.4 is 9.47 Å². The maximum absolute atomic E-state index is 13.1. The molecule has 1 unspecified atom stereocenters. The highest BCUT2D eigenvalue weighted by atomic mass is 16.5. The third kappa shape index (κ3) is 3.94. The van der Waals surface area contributed by atoms with E-state index in [-0.39, 0.29) is 12.0 Å². The third-order valence-corrected chi connectivity index (χ3v) is 4.37. The van der Waals surface area contributed by atoms with Crippen LogP contribution in [0.25, 0.3) is 0 Å². The monoisotopic (exact) mass is 341 g/mol. The smallest absolute Gasteiger partial charge is 0.261 e. The van der Waals surface area contributed by atoms with Gasteiger partial charge < -0.3 is 19.1 Å². The number of amides is 1. The minimum Gasteiger partial charge on any atom is -0.496 e. The van der Waals surface area contributed by atoms with Crippen molar-refractivity contribution in [2.24, 2.45) is 0 Å². The maximum atomic E-state index is 13.1. The molecule has 0 aromatic heterocycles. The first-order valence-corrected chi connectivity index (χ1v) is 8.38. The zero-order chi connectivity index (χ0) is 17.6. The number of carbonyl (C=O) groups is 1. The molecule has 5 heteroatoms. The first-order valence-electron chi connectivity index (χ1n) is 8.38. The second-order valence-corrected chi connectivity index (χ2v) is 5.97. The summed E-state index contributed by atoms with van der Waals surface area (Å²) < 4.78 is 16.6. The van der Waals surface area contributed by atoms with Crippen molar-refractivity contribution in [3.8, 4) is 11.5 Å². The van der Waals surface area contributed by atoms with Crippen molar-refractivity contribution in [3.05, 3.63) is 59.7 Å². The van der Waals surface area contributed by atoms with E-state index in [4.69, 9.17) is 14.2 Å². The molecule has 25 heavy (non-hydrogen) atoms. The first-order chi connectivity index (χ1) is 12.2. The Kier molecular flexibility index (Phi) is 5.56. The number of ether oxygens (including phenoxy) is 3. The summed E-state index contributed by atoms with van der Waals surface area (Å²) in [7, 11) is 3.12. The van der Waals surface area contributed by atoms with Gasteiger partial charge in [0.2, 0.25) is 0 Å². The summed E-state index contributed by atoms with van der Waals surface area (Å²) in [5.41, 5.74) is 1.67. The molecular formula is C20H23NO4. The minimum absolute atomic E-state index is 0.0131. The van der Waals surface area contributed by atoms with Crippen LogP contribution in [0, 0.1) is 0 Å². The zero-order valence-electron chi connectivity index (χ0n) is 14.6. The minimum atomic E-state index is -0.0874. The van der Waals surface area contributed by atoms with E-state index >= 15 is 0 Å². The van der Waals surface area contributed by atoms with Gasteiger partial charge in [-0.05, 0) is 17.7 Å². The molecule has 3 rings (SSSR count). The summed E-state index contributed by atoms with van der Waals surface area (Å²) in [6.07, 6.45) is 0.772. The quantitative estimate of drug-likeness (QED) is 0.839. The van der Waals surface area contributed by atoms with E-state index < -0.39 is 0 Å². The number of methoxy groups -OCH3 is 2. The molecule has 0 saturated carbocycles. The van der Waals surface area contributed by atoms with Crippen LogP contribution in [0.1, 0.15) is 15.9 Å². The van der Waals surface area contributed by atoms with Gasteiger partial charge in [-0.2, -0.15) is 0 Å². The number of morpholine rings is 1. The fourth-order valence-corrected chi connectivity index (χ4v) is 3.12. The molecule has 0 aliphatic carbocycles. The summed E-state index contributed by atoms with van der Waals surface area (Å²) in [4.78, 5) is 14.9. The van der Waals surface area contributed by atoms with E-state index in [9.17, 15) is 4.79 Å². The lowest BCUT2D eigenvalue weighted by Gasteiger charge is -2.33. The molecule has 0 bridgehead atoms. The van der Waals surface area contributed by atoms with Crippen molar-refractivity contribution in [1.82, 2.24) is 4.90 Å². The lowest BCUT2D eigenvalue weighted by molar-refractivity contribution is -0.0210. The summed E-state index contributed by atoms with van der Waals surface area (Å²) in [5.74, 6) is 0.960. The summed E-state index contributed by atoms with van der Waals surface area (Å²) >= 11 is 0. The Balaban J connectivity index is 1.76. The van der Waals surface area contributed by atoms with Gasteiger partial charge in [-0.15, -0.1) is 0 Å². The molecule has 1 aliphatic heterocycles. The van der Waals surface area contributed by atoms with Gasteiger partial charge in [-0.25, -0.2) is 0 Å². The Hall–Kier alpha value is -2.53. The standard InChI is InChI=1S/C20H23NO4/c1-23-17-9-6-10-18(24-2)19(17)20(22)21-11-12-25-16(14-21)13-15-7-4-3-5-8-15/h3-10,16H,11-14H2,1-2H3. The average Bonchev–Trinajstić information content (AvgIpc) is 2.67. The Bertz CT molecular complexity index is 695. The molecule has 1 heterocycles. The van der Waals surface area contributed by atoms with Crippen LogP contribution in [-0.2, 0) is 11.2 Å². The van der Waals surface area contributed by atoms with Gasteiger partial charge in [0.1, 0.15) is 17.1 Å². The van der Waals surface area contributed by atoms with Crippen molar-refractivity contribution in [3.63, 3.8) is 0 Å². The predicted molar refractivity (Wildman–Crippen MR) is 95.3 cm³/mol. The molecule has 1 aliphatic rings. The molecule has 1 amide bonds. The lowest BCUT2D eigenvalue weighted by Crippen LogP contribution is -2.46. The van der Waals surface area contributed by atoms with E-state index in [0.717, 1.165) is 6.42 Å². The number of rotatable bonds is 5. The molecule has 0 N–H and O–H groups in total. The van der Waals surface area contributed by atoms with Gasteiger partial charge in [-0.1, -0.05) is 36.4 Å². The van der Waals surface area contributed by atoms with Gasteiger partial charge in [0.05, 0.1) is 26.9 Å². The topological polar surface area (TPSA) is 48.0 Å². The molecule has 132 valence electrons.